The Morgan fingerprint density at radius 3 is 2.39 bits per heavy atom. The molecule has 2 aromatic rings. The van der Waals surface area contributed by atoms with Crippen LogP contribution in [0.1, 0.15) is 22.1 Å². The molecule has 0 aliphatic heterocycles. The number of carbonyl (C=O) groups is 1. The van der Waals surface area contributed by atoms with Gasteiger partial charge in [0.1, 0.15) is 0 Å². The molecule has 1 amide bonds. The third kappa shape index (κ3) is 3.99. The SMILES string of the molecule is CN(C)c1ccc(C(=O)N[C@H](c2ccn(C)c2)C(F)(F)F)nn1. The molecule has 2 heterocycles. The van der Waals surface area contributed by atoms with E-state index in [2.05, 4.69) is 10.2 Å². The lowest BCUT2D eigenvalue weighted by atomic mass is 10.1. The lowest BCUT2D eigenvalue weighted by Crippen LogP contribution is -2.38. The first-order valence-electron chi connectivity index (χ1n) is 6.69. The van der Waals surface area contributed by atoms with Crippen LogP contribution >= 0.6 is 0 Å². The summed E-state index contributed by atoms with van der Waals surface area (Å²) < 4.78 is 41.1. The van der Waals surface area contributed by atoms with Crippen molar-refractivity contribution in [2.24, 2.45) is 7.05 Å². The van der Waals surface area contributed by atoms with Crippen LogP contribution < -0.4 is 10.2 Å². The molecule has 2 aromatic heterocycles. The van der Waals surface area contributed by atoms with E-state index in [1.807, 2.05) is 5.32 Å². The van der Waals surface area contributed by atoms with Crippen LogP contribution in [0.25, 0.3) is 0 Å². The fraction of sp³-hybridized carbons (Fsp3) is 0.357. The second kappa shape index (κ2) is 6.27. The van der Waals surface area contributed by atoms with Crippen molar-refractivity contribution in [2.75, 3.05) is 19.0 Å². The zero-order valence-corrected chi connectivity index (χ0v) is 12.8. The average Bonchev–Trinajstić information content (AvgIpc) is 2.89. The number of hydrogen-bond acceptors (Lipinski definition) is 4. The molecule has 1 atom stereocenters. The van der Waals surface area contributed by atoms with E-state index in [9.17, 15) is 18.0 Å². The Hall–Kier alpha value is -2.58. The van der Waals surface area contributed by atoms with Crippen molar-refractivity contribution in [3.8, 4) is 0 Å². The molecule has 0 spiro atoms. The number of rotatable bonds is 4. The van der Waals surface area contributed by atoms with Crippen molar-refractivity contribution in [1.29, 1.82) is 0 Å². The van der Waals surface area contributed by atoms with E-state index in [4.69, 9.17) is 0 Å². The number of halogens is 3. The van der Waals surface area contributed by atoms with Gasteiger partial charge in [0.05, 0.1) is 0 Å². The molecule has 0 saturated heterocycles. The molecule has 0 aliphatic rings. The highest BCUT2D eigenvalue weighted by Crippen LogP contribution is 2.32. The minimum Gasteiger partial charge on any atom is -0.361 e. The number of aromatic nitrogens is 3. The van der Waals surface area contributed by atoms with E-state index < -0.39 is 18.1 Å². The predicted molar refractivity (Wildman–Crippen MR) is 78.0 cm³/mol. The summed E-state index contributed by atoms with van der Waals surface area (Å²) in [5.41, 5.74) is -0.230. The molecular formula is C14H16F3N5O. The van der Waals surface area contributed by atoms with Gasteiger partial charge in [0.15, 0.2) is 17.6 Å². The number of amides is 1. The minimum atomic E-state index is -4.62. The maximum Gasteiger partial charge on any atom is 0.412 e. The third-order valence-corrected chi connectivity index (χ3v) is 3.13. The highest BCUT2D eigenvalue weighted by atomic mass is 19.4. The zero-order chi connectivity index (χ0) is 17.2. The molecule has 0 fully saturated rings. The van der Waals surface area contributed by atoms with E-state index >= 15 is 0 Å². The average molecular weight is 327 g/mol. The van der Waals surface area contributed by atoms with Gasteiger partial charge in [0.2, 0.25) is 0 Å². The summed E-state index contributed by atoms with van der Waals surface area (Å²) in [5.74, 6) is -0.439. The summed E-state index contributed by atoms with van der Waals surface area (Å²) in [6, 6.07) is 2.04. The van der Waals surface area contributed by atoms with Gasteiger partial charge in [-0.3, -0.25) is 4.79 Å². The van der Waals surface area contributed by atoms with Crippen molar-refractivity contribution in [3.63, 3.8) is 0 Å². The lowest BCUT2D eigenvalue weighted by Gasteiger charge is -2.20. The van der Waals surface area contributed by atoms with E-state index in [-0.39, 0.29) is 11.3 Å². The Labute approximate surface area is 130 Å². The number of hydrogen-bond donors (Lipinski definition) is 1. The van der Waals surface area contributed by atoms with Crippen LogP contribution in [0.2, 0.25) is 0 Å². The number of nitrogens with one attached hydrogen (secondary N) is 1. The molecule has 0 aliphatic carbocycles. The Morgan fingerprint density at radius 2 is 1.96 bits per heavy atom. The van der Waals surface area contributed by atoms with E-state index in [0.717, 1.165) is 0 Å². The number of aryl methyl sites for hydroxylation is 1. The van der Waals surface area contributed by atoms with Crippen LogP contribution in [0.3, 0.4) is 0 Å². The smallest absolute Gasteiger partial charge is 0.361 e. The quantitative estimate of drug-likeness (QED) is 0.932. The van der Waals surface area contributed by atoms with Crippen LogP contribution in [0, 0.1) is 0 Å². The number of anilines is 1. The maximum absolute atomic E-state index is 13.2. The molecule has 6 nitrogen and oxygen atoms in total. The standard InChI is InChI=1S/C14H16F3N5O/c1-21(2)11-5-4-10(19-20-11)13(23)18-12(14(15,16)17)9-6-7-22(3)8-9/h4-8,12H,1-3H3,(H,18,23)/t12-/m1/s1. The first-order valence-corrected chi connectivity index (χ1v) is 6.69. The zero-order valence-electron chi connectivity index (χ0n) is 12.8. The second-order valence-electron chi connectivity index (χ2n) is 5.23. The van der Waals surface area contributed by atoms with Crippen LogP contribution in [-0.4, -0.2) is 40.9 Å². The lowest BCUT2D eigenvalue weighted by molar-refractivity contribution is -0.155. The van der Waals surface area contributed by atoms with Crippen LogP contribution in [0.5, 0.6) is 0 Å². The molecular weight excluding hydrogens is 311 g/mol. The van der Waals surface area contributed by atoms with Gasteiger partial charge in [-0.15, -0.1) is 10.2 Å². The minimum absolute atomic E-state index is 0.0498. The molecule has 2 rings (SSSR count). The van der Waals surface area contributed by atoms with Crippen molar-refractivity contribution >= 4 is 11.7 Å². The maximum atomic E-state index is 13.2. The molecule has 0 saturated carbocycles. The van der Waals surface area contributed by atoms with E-state index in [1.165, 1.54) is 35.2 Å². The first kappa shape index (κ1) is 16.8. The molecule has 0 aromatic carbocycles. The summed E-state index contributed by atoms with van der Waals surface area (Å²) in [6.07, 6.45) is -1.83. The summed E-state index contributed by atoms with van der Waals surface area (Å²) in [4.78, 5) is 13.7. The monoisotopic (exact) mass is 327 g/mol. The Kier molecular flexibility index (Phi) is 4.57. The van der Waals surface area contributed by atoms with E-state index in [1.54, 1.807) is 26.0 Å². The first-order chi connectivity index (χ1) is 10.7. The molecule has 1 N–H and O–H groups in total. The van der Waals surface area contributed by atoms with Crippen molar-refractivity contribution in [2.45, 2.75) is 12.2 Å². The predicted octanol–water partition coefficient (Wildman–Crippen LogP) is 1.91. The van der Waals surface area contributed by atoms with Gasteiger partial charge in [-0.1, -0.05) is 0 Å². The second-order valence-corrected chi connectivity index (χ2v) is 5.23. The summed E-state index contributed by atoms with van der Waals surface area (Å²) in [5, 5.41) is 9.39. The van der Waals surface area contributed by atoms with Gasteiger partial charge in [-0.25, -0.2) is 0 Å². The largest absolute Gasteiger partial charge is 0.412 e. The van der Waals surface area contributed by atoms with Crippen LogP contribution in [0.4, 0.5) is 19.0 Å². The van der Waals surface area contributed by atoms with Gasteiger partial charge < -0.3 is 14.8 Å². The number of carbonyl (C=O) groups excluding carboxylic acids is 1. The van der Waals surface area contributed by atoms with Gasteiger partial charge >= 0.3 is 6.18 Å². The highest BCUT2D eigenvalue weighted by molar-refractivity contribution is 5.92. The van der Waals surface area contributed by atoms with Crippen LogP contribution in [0.15, 0.2) is 30.6 Å². The Morgan fingerprint density at radius 1 is 1.26 bits per heavy atom. The third-order valence-electron chi connectivity index (χ3n) is 3.13. The molecule has 9 heteroatoms. The fourth-order valence-corrected chi connectivity index (χ4v) is 1.94. The Bertz CT molecular complexity index is 678. The number of alkyl halides is 3. The van der Waals surface area contributed by atoms with Crippen LogP contribution in [-0.2, 0) is 7.05 Å². The fourth-order valence-electron chi connectivity index (χ4n) is 1.94. The van der Waals surface area contributed by atoms with E-state index in [0.29, 0.717) is 5.82 Å². The summed E-state index contributed by atoms with van der Waals surface area (Å²) in [6.45, 7) is 0. The summed E-state index contributed by atoms with van der Waals surface area (Å²) in [7, 11) is 5.07. The highest BCUT2D eigenvalue weighted by Gasteiger charge is 2.42. The van der Waals surface area contributed by atoms with Crippen molar-refractivity contribution in [1.82, 2.24) is 20.1 Å². The molecule has 0 radical (unpaired) electrons. The molecule has 124 valence electrons. The molecule has 23 heavy (non-hydrogen) atoms. The Balaban J connectivity index is 2.21. The van der Waals surface area contributed by atoms with Gasteiger partial charge in [-0.05, 0) is 18.2 Å². The molecule has 0 unspecified atom stereocenters. The van der Waals surface area contributed by atoms with Gasteiger partial charge in [-0.2, -0.15) is 13.2 Å². The topological polar surface area (TPSA) is 63.1 Å². The number of nitrogens with zero attached hydrogens (tertiary/aromatic N) is 4. The summed E-state index contributed by atoms with van der Waals surface area (Å²) >= 11 is 0. The van der Waals surface area contributed by atoms with Crippen molar-refractivity contribution < 1.29 is 18.0 Å². The van der Waals surface area contributed by atoms with Gasteiger partial charge in [0, 0.05) is 39.1 Å². The van der Waals surface area contributed by atoms with Gasteiger partial charge in [0.25, 0.3) is 5.91 Å². The molecule has 0 bridgehead atoms. The van der Waals surface area contributed by atoms with Crippen molar-refractivity contribution in [3.05, 3.63) is 41.9 Å². The normalized spacial score (nSPS) is 12.8.